The van der Waals surface area contributed by atoms with Crippen LogP contribution >= 0.6 is 11.6 Å². The van der Waals surface area contributed by atoms with Gasteiger partial charge in [0, 0.05) is 32.4 Å². The molecular weight excluding hydrogens is 686 g/mol. The summed E-state index contributed by atoms with van der Waals surface area (Å²) in [7, 11) is 2.90. The summed E-state index contributed by atoms with van der Waals surface area (Å²) in [5.74, 6) is -2.70. The molecule has 6 rings (SSSR count). The van der Waals surface area contributed by atoms with Crippen LogP contribution in [0.1, 0.15) is 66.4 Å². The van der Waals surface area contributed by atoms with Crippen LogP contribution in [0.2, 0.25) is 5.02 Å². The van der Waals surface area contributed by atoms with Crippen LogP contribution in [0.4, 0.5) is 5.69 Å². The highest BCUT2D eigenvalue weighted by atomic mass is 35.5. The number of allylic oxidation sites excluding steroid dienone is 3. The molecule has 0 spiro atoms. The van der Waals surface area contributed by atoms with Crippen molar-refractivity contribution in [3.05, 3.63) is 46.5 Å². The zero-order valence-corrected chi connectivity index (χ0v) is 31.1. The molecule has 2 amide bonds. The number of aliphatic hydroxyl groups excluding tert-OH is 1. The molecule has 1 aromatic carbocycles. The molecule has 15 heteroatoms. The maximum atomic E-state index is 14.6. The summed E-state index contributed by atoms with van der Waals surface area (Å²) in [5, 5.41) is 39.3. The van der Waals surface area contributed by atoms with E-state index in [1.54, 1.807) is 45.1 Å². The summed E-state index contributed by atoms with van der Waals surface area (Å²) in [6.07, 6.45) is 0.932. The number of esters is 1. The molecule has 0 aliphatic carbocycles. The average molecular weight is 736 g/mol. The average Bonchev–Trinajstić information content (AvgIpc) is 3.03. The Morgan fingerprint density at radius 2 is 1.73 bits per heavy atom. The molecule has 5 heterocycles. The van der Waals surface area contributed by atoms with E-state index >= 15 is 0 Å². The first-order valence-corrected chi connectivity index (χ1v) is 17.4. The van der Waals surface area contributed by atoms with Gasteiger partial charge >= 0.3 is 5.97 Å². The van der Waals surface area contributed by atoms with Crippen molar-refractivity contribution in [1.82, 2.24) is 10.6 Å². The van der Waals surface area contributed by atoms with E-state index in [1.807, 2.05) is 13.0 Å². The quantitative estimate of drug-likeness (QED) is 0.280. The third-order valence-electron chi connectivity index (χ3n) is 10.7. The largest absolute Gasteiger partial charge is 0.495 e. The Bertz CT molecular complexity index is 1590. The molecule has 14 nitrogen and oxygen atoms in total. The highest BCUT2D eigenvalue weighted by Gasteiger charge is 2.63. The van der Waals surface area contributed by atoms with E-state index in [4.69, 9.17) is 35.3 Å². The van der Waals surface area contributed by atoms with Gasteiger partial charge in [0.2, 0.25) is 12.3 Å². The van der Waals surface area contributed by atoms with Gasteiger partial charge in [-0.2, -0.15) is 0 Å². The number of hydrogen-bond acceptors (Lipinski definition) is 12. The normalized spacial score (nSPS) is 41.2. The van der Waals surface area contributed by atoms with Gasteiger partial charge in [-0.1, -0.05) is 42.3 Å². The third kappa shape index (κ3) is 7.70. The smallest absolute Gasteiger partial charge is 0.328 e. The second-order valence-corrected chi connectivity index (χ2v) is 15.3. The number of nitrogens with zero attached hydrogens (tertiary/aromatic N) is 1. The number of ether oxygens (including phenoxy) is 5. The molecule has 3 fully saturated rings. The van der Waals surface area contributed by atoms with Crippen molar-refractivity contribution >= 4 is 35.1 Å². The van der Waals surface area contributed by atoms with Crippen LogP contribution in [0.5, 0.6) is 5.75 Å². The maximum Gasteiger partial charge on any atom is 0.328 e. The van der Waals surface area contributed by atoms with Gasteiger partial charge in [-0.05, 0) is 58.7 Å². The van der Waals surface area contributed by atoms with Gasteiger partial charge in [0.15, 0.2) is 5.72 Å². The van der Waals surface area contributed by atoms with E-state index in [-0.39, 0.29) is 36.5 Å². The number of hydrogen-bond donors (Lipinski definition) is 5. The van der Waals surface area contributed by atoms with Crippen LogP contribution in [-0.4, -0.2) is 107 Å². The van der Waals surface area contributed by atoms with Gasteiger partial charge in [0.05, 0.1) is 30.9 Å². The Kier molecular flexibility index (Phi) is 11.0. The number of fused-ring (bicyclic) bond motifs is 3. The number of anilines is 1. The lowest BCUT2D eigenvalue weighted by Gasteiger charge is -2.60. The second-order valence-electron chi connectivity index (χ2n) is 14.9. The predicted octanol–water partition coefficient (Wildman–Crippen LogP) is 2.24. The van der Waals surface area contributed by atoms with Gasteiger partial charge in [-0.15, -0.1) is 0 Å². The van der Waals surface area contributed by atoms with Crippen molar-refractivity contribution in [3.63, 3.8) is 0 Å². The first-order chi connectivity index (χ1) is 23.7. The summed E-state index contributed by atoms with van der Waals surface area (Å²) in [5.41, 5.74) is -4.21. The topological polar surface area (TPSA) is 185 Å². The number of halogens is 1. The number of aliphatic hydroxyl groups is 3. The lowest BCUT2D eigenvalue weighted by atomic mass is 9.72. The van der Waals surface area contributed by atoms with E-state index in [2.05, 4.69) is 10.6 Å². The summed E-state index contributed by atoms with van der Waals surface area (Å²) in [4.78, 5) is 42.8. The lowest BCUT2D eigenvalue weighted by Crippen LogP contribution is -2.73. The molecule has 282 valence electrons. The Labute approximate surface area is 303 Å². The monoisotopic (exact) mass is 735 g/mol. The molecule has 5 aliphatic heterocycles. The van der Waals surface area contributed by atoms with Crippen molar-refractivity contribution in [2.45, 2.75) is 121 Å². The Morgan fingerprint density at radius 3 is 2.37 bits per heavy atom. The molecule has 5 N–H and O–H groups in total. The number of rotatable bonds is 2. The van der Waals surface area contributed by atoms with Gasteiger partial charge < -0.3 is 49.2 Å². The minimum atomic E-state index is -2.00. The maximum absolute atomic E-state index is 14.6. The number of methoxy groups -OCH3 is 2. The number of amides is 2. The predicted molar refractivity (Wildman–Crippen MR) is 186 cm³/mol. The molecule has 5 aliphatic rings. The molecular formula is C36H50ClN3O11. The standard InChI is InChI=1S/C36H50ClN3O11/c1-19-10-9-11-25(48-8)36(46)16-27(50-32(44)39-36)34(5)18-33(4,51-34)26-15-28(41)40(23-13-22(12-19)14-24(47-7)29(23)37)17-20(2)35(6,45)31(43)38-21(3)30(42)49-26/h9-11,13-14,20-21,25-27,32,39,44-46H,12,15-18H2,1-8H3,(H,38,43)/b11-9+,19-10+/t20?,21-,25+,26-,27-,32?,33+,34?,35?,36-/m0/s1. The van der Waals surface area contributed by atoms with E-state index in [9.17, 15) is 29.7 Å². The molecule has 0 aromatic heterocycles. The van der Waals surface area contributed by atoms with Gasteiger partial charge in [-0.3, -0.25) is 9.59 Å². The minimum Gasteiger partial charge on any atom is -0.495 e. The van der Waals surface area contributed by atoms with Crippen molar-refractivity contribution in [3.8, 4) is 5.75 Å². The van der Waals surface area contributed by atoms with Crippen LogP contribution < -0.4 is 20.3 Å². The Balaban J connectivity index is 1.68. The molecule has 3 saturated heterocycles. The number of carbonyl (C=O) groups excluding carboxylic acids is 3. The van der Waals surface area contributed by atoms with Crippen LogP contribution in [0.25, 0.3) is 0 Å². The summed E-state index contributed by atoms with van der Waals surface area (Å²) >= 11 is 6.90. The van der Waals surface area contributed by atoms with Crippen LogP contribution in [0.15, 0.2) is 35.9 Å². The number of nitrogens with one attached hydrogen (secondary N) is 2. The second kappa shape index (κ2) is 14.4. The molecule has 51 heavy (non-hydrogen) atoms. The van der Waals surface area contributed by atoms with E-state index in [0.29, 0.717) is 12.2 Å². The third-order valence-corrected chi connectivity index (χ3v) is 11.0. The molecule has 0 saturated carbocycles. The first kappa shape index (κ1) is 39.1. The fraction of sp³-hybridized carbons (Fsp3) is 0.639. The fourth-order valence-corrected chi connectivity index (χ4v) is 7.74. The van der Waals surface area contributed by atoms with Crippen LogP contribution in [-0.2, 0) is 39.8 Å². The van der Waals surface area contributed by atoms with Crippen molar-refractivity contribution in [2.75, 3.05) is 25.7 Å². The van der Waals surface area contributed by atoms with Crippen molar-refractivity contribution in [1.29, 1.82) is 0 Å². The van der Waals surface area contributed by atoms with E-state index in [1.165, 1.54) is 33.0 Å². The zero-order chi connectivity index (χ0) is 37.7. The highest BCUT2D eigenvalue weighted by molar-refractivity contribution is 6.35. The molecule has 10 atom stereocenters. The highest BCUT2D eigenvalue weighted by Crippen LogP contribution is 2.51. The minimum absolute atomic E-state index is 0.0512. The van der Waals surface area contributed by atoms with Gasteiger partial charge in [0.25, 0.3) is 5.91 Å². The fourth-order valence-electron chi connectivity index (χ4n) is 7.46. The molecule has 8 bridgehead atoms. The first-order valence-electron chi connectivity index (χ1n) is 17.1. The zero-order valence-electron chi connectivity index (χ0n) is 30.3. The molecule has 0 radical (unpaired) electrons. The molecule has 1 aromatic rings. The summed E-state index contributed by atoms with van der Waals surface area (Å²) < 4.78 is 29.6. The number of carbonyl (C=O) groups is 3. The van der Waals surface area contributed by atoms with Crippen molar-refractivity contribution in [2.24, 2.45) is 5.92 Å². The van der Waals surface area contributed by atoms with Gasteiger partial charge in [-0.25, -0.2) is 10.1 Å². The van der Waals surface area contributed by atoms with Crippen LogP contribution in [0, 0.1) is 5.92 Å². The lowest BCUT2D eigenvalue weighted by molar-refractivity contribution is -0.364. The molecule has 4 unspecified atom stereocenters. The Morgan fingerprint density at radius 1 is 1.06 bits per heavy atom. The number of benzene rings is 1. The SMILES string of the molecule is COc1cc2cc(c1Cl)N1CC(C)C(C)(O)C(=O)N[C@@H](C)C(=O)O[C@@H](CC1=O)[C@@]1(C)CC(C)(O1)[C@@H]1C[C@@](O)(NC(O)O1)[C@H](OC)/C=C/C=C(\C)C2. The van der Waals surface area contributed by atoms with Gasteiger partial charge in [0.1, 0.15) is 40.2 Å². The summed E-state index contributed by atoms with van der Waals surface area (Å²) in [6.45, 7) is 9.61. The van der Waals surface area contributed by atoms with E-state index < -0.39 is 77.0 Å². The van der Waals surface area contributed by atoms with Crippen LogP contribution in [0.3, 0.4) is 0 Å². The summed E-state index contributed by atoms with van der Waals surface area (Å²) in [6, 6.07) is 2.34. The van der Waals surface area contributed by atoms with E-state index in [0.717, 1.165) is 11.1 Å². The van der Waals surface area contributed by atoms with Crippen molar-refractivity contribution < 1.29 is 53.4 Å². The Hall–Kier alpha value is -3.08.